The molecule has 2 aromatic heterocycles. The summed E-state index contributed by atoms with van der Waals surface area (Å²) in [5, 5.41) is 4.94. The summed E-state index contributed by atoms with van der Waals surface area (Å²) in [6, 6.07) is 15.1. The Hall–Kier alpha value is -2.90. The number of benzene rings is 1. The number of hydrogen-bond acceptors (Lipinski definition) is 5. The summed E-state index contributed by atoms with van der Waals surface area (Å²) in [6.45, 7) is 3.34. The third-order valence-corrected chi connectivity index (χ3v) is 5.77. The van der Waals surface area contributed by atoms with Crippen molar-refractivity contribution < 1.29 is 14.0 Å². The molecule has 0 fully saturated rings. The fraction of sp³-hybridized carbons (Fsp3) is 0.273. The zero-order valence-corrected chi connectivity index (χ0v) is 17.0. The second kappa shape index (κ2) is 8.63. The number of anilines is 2. The molecule has 0 aliphatic carbocycles. The van der Waals surface area contributed by atoms with Gasteiger partial charge in [0.1, 0.15) is 5.76 Å². The first-order chi connectivity index (χ1) is 14.1. The monoisotopic (exact) mass is 409 g/mol. The molecule has 1 atom stereocenters. The Morgan fingerprint density at radius 2 is 2.07 bits per heavy atom. The van der Waals surface area contributed by atoms with Gasteiger partial charge in [-0.1, -0.05) is 18.2 Å². The first-order valence-electron chi connectivity index (χ1n) is 9.58. The SMILES string of the molecule is C[C@@H]1CC(=O)Nc2ccccc2N1C(=O)CN(Cc1ccco1)Cc1cccs1. The molecule has 29 heavy (non-hydrogen) atoms. The lowest BCUT2D eigenvalue weighted by Gasteiger charge is -2.30. The van der Waals surface area contributed by atoms with Gasteiger partial charge in [-0.25, -0.2) is 0 Å². The van der Waals surface area contributed by atoms with E-state index in [1.165, 1.54) is 4.88 Å². The Balaban J connectivity index is 1.58. The highest BCUT2D eigenvalue weighted by Crippen LogP contribution is 2.31. The zero-order chi connectivity index (χ0) is 20.2. The second-order valence-electron chi connectivity index (χ2n) is 7.19. The Bertz CT molecular complexity index is 933. The van der Waals surface area contributed by atoms with Crippen LogP contribution < -0.4 is 10.2 Å². The van der Waals surface area contributed by atoms with Crippen molar-refractivity contribution in [2.75, 3.05) is 16.8 Å². The van der Waals surface area contributed by atoms with Crippen LogP contribution in [0.25, 0.3) is 0 Å². The predicted octanol–water partition coefficient (Wildman–Crippen LogP) is 4.11. The molecular weight excluding hydrogens is 386 g/mol. The fourth-order valence-electron chi connectivity index (χ4n) is 3.65. The van der Waals surface area contributed by atoms with E-state index in [0.29, 0.717) is 18.8 Å². The summed E-state index contributed by atoms with van der Waals surface area (Å²) < 4.78 is 5.50. The summed E-state index contributed by atoms with van der Waals surface area (Å²) in [6.07, 6.45) is 1.91. The van der Waals surface area contributed by atoms with E-state index >= 15 is 0 Å². The van der Waals surface area contributed by atoms with Crippen LogP contribution in [0.15, 0.2) is 64.6 Å². The molecule has 0 saturated carbocycles. The van der Waals surface area contributed by atoms with Crippen molar-refractivity contribution in [1.82, 2.24) is 4.90 Å². The van der Waals surface area contributed by atoms with Crippen molar-refractivity contribution in [3.63, 3.8) is 0 Å². The maximum absolute atomic E-state index is 13.4. The van der Waals surface area contributed by atoms with Crippen molar-refractivity contribution >= 4 is 34.5 Å². The molecule has 1 aliphatic heterocycles. The molecule has 1 aliphatic rings. The molecule has 0 bridgehead atoms. The van der Waals surface area contributed by atoms with Crippen LogP contribution in [0, 0.1) is 0 Å². The normalized spacial score (nSPS) is 16.4. The molecule has 6 nitrogen and oxygen atoms in total. The third kappa shape index (κ3) is 4.58. The van der Waals surface area contributed by atoms with Crippen molar-refractivity contribution in [1.29, 1.82) is 0 Å². The summed E-state index contributed by atoms with van der Waals surface area (Å²) in [5.74, 6) is 0.700. The Morgan fingerprint density at radius 1 is 1.21 bits per heavy atom. The van der Waals surface area contributed by atoms with Crippen molar-refractivity contribution in [3.8, 4) is 0 Å². The van der Waals surface area contributed by atoms with Crippen LogP contribution in [-0.4, -0.2) is 29.3 Å². The van der Waals surface area contributed by atoms with Gasteiger partial charge in [0.15, 0.2) is 0 Å². The Labute approximate surface area is 173 Å². The second-order valence-corrected chi connectivity index (χ2v) is 8.22. The first-order valence-corrected chi connectivity index (χ1v) is 10.5. The van der Waals surface area contributed by atoms with Gasteiger partial charge in [-0.05, 0) is 42.6 Å². The minimum Gasteiger partial charge on any atom is -0.468 e. The molecule has 0 radical (unpaired) electrons. The molecule has 1 aromatic carbocycles. The number of furan rings is 1. The summed E-state index contributed by atoms with van der Waals surface area (Å²) in [7, 11) is 0. The molecule has 3 heterocycles. The molecule has 150 valence electrons. The maximum Gasteiger partial charge on any atom is 0.241 e. The topological polar surface area (TPSA) is 65.8 Å². The standard InChI is InChI=1S/C22H23N3O3S/c1-16-12-21(26)23-19-8-2-3-9-20(19)25(16)22(27)15-24(13-17-6-4-10-28-17)14-18-7-5-11-29-18/h2-11,16H,12-15H2,1H3,(H,23,26)/t16-/m1/s1. The van der Waals surface area contributed by atoms with Crippen LogP contribution in [0.4, 0.5) is 11.4 Å². The van der Waals surface area contributed by atoms with E-state index in [1.807, 2.05) is 54.8 Å². The highest BCUT2D eigenvalue weighted by molar-refractivity contribution is 7.09. The molecule has 3 aromatic rings. The van der Waals surface area contributed by atoms with Crippen LogP contribution in [0.1, 0.15) is 24.0 Å². The van der Waals surface area contributed by atoms with Crippen LogP contribution in [0.5, 0.6) is 0 Å². The zero-order valence-electron chi connectivity index (χ0n) is 16.2. The number of carbonyl (C=O) groups is 2. The number of thiophene rings is 1. The van der Waals surface area contributed by atoms with E-state index in [2.05, 4.69) is 16.3 Å². The van der Waals surface area contributed by atoms with Gasteiger partial charge < -0.3 is 14.6 Å². The van der Waals surface area contributed by atoms with Crippen molar-refractivity contribution in [2.24, 2.45) is 0 Å². The number of nitrogens with one attached hydrogen (secondary N) is 1. The lowest BCUT2D eigenvalue weighted by Crippen LogP contribution is -2.44. The smallest absolute Gasteiger partial charge is 0.241 e. The van der Waals surface area contributed by atoms with Gasteiger partial charge in [-0.2, -0.15) is 0 Å². The number of carbonyl (C=O) groups excluding carboxylic acids is 2. The molecule has 0 saturated heterocycles. The quantitative estimate of drug-likeness (QED) is 0.665. The van der Waals surface area contributed by atoms with E-state index in [-0.39, 0.29) is 30.8 Å². The Kier molecular flexibility index (Phi) is 5.78. The van der Waals surface area contributed by atoms with E-state index < -0.39 is 0 Å². The third-order valence-electron chi connectivity index (χ3n) is 4.91. The molecule has 0 unspecified atom stereocenters. The molecule has 7 heteroatoms. The molecular formula is C22H23N3O3S. The Morgan fingerprint density at radius 3 is 2.83 bits per heavy atom. The number of rotatable bonds is 6. The van der Waals surface area contributed by atoms with E-state index in [9.17, 15) is 9.59 Å². The highest BCUT2D eigenvalue weighted by Gasteiger charge is 2.30. The minimum absolute atomic E-state index is 0.0374. The number of nitrogens with zero attached hydrogens (tertiary/aromatic N) is 2. The van der Waals surface area contributed by atoms with Gasteiger partial charge in [0, 0.05) is 23.9 Å². The van der Waals surface area contributed by atoms with Crippen LogP contribution in [0.3, 0.4) is 0 Å². The number of amides is 2. The number of fused-ring (bicyclic) bond motifs is 1. The average molecular weight is 410 g/mol. The summed E-state index contributed by atoms with van der Waals surface area (Å²) in [4.78, 5) is 30.6. The van der Waals surface area contributed by atoms with Crippen LogP contribution in [-0.2, 0) is 22.7 Å². The van der Waals surface area contributed by atoms with Gasteiger partial charge in [0.05, 0.1) is 30.7 Å². The van der Waals surface area contributed by atoms with E-state index in [4.69, 9.17) is 4.42 Å². The summed E-state index contributed by atoms with van der Waals surface area (Å²) in [5.41, 5.74) is 1.41. The van der Waals surface area contributed by atoms with E-state index in [1.54, 1.807) is 22.5 Å². The van der Waals surface area contributed by atoms with Gasteiger partial charge in [-0.3, -0.25) is 14.5 Å². The molecule has 4 rings (SSSR count). The highest BCUT2D eigenvalue weighted by atomic mass is 32.1. The van der Waals surface area contributed by atoms with Gasteiger partial charge >= 0.3 is 0 Å². The molecule has 0 spiro atoms. The lowest BCUT2D eigenvalue weighted by molar-refractivity contribution is -0.120. The van der Waals surface area contributed by atoms with Gasteiger partial charge in [-0.15, -0.1) is 11.3 Å². The van der Waals surface area contributed by atoms with Crippen LogP contribution >= 0.6 is 11.3 Å². The largest absolute Gasteiger partial charge is 0.468 e. The molecule has 1 N–H and O–H groups in total. The lowest BCUT2D eigenvalue weighted by atomic mass is 10.1. The van der Waals surface area contributed by atoms with Gasteiger partial charge in [0.2, 0.25) is 11.8 Å². The minimum atomic E-state index is -0.224. The van der Waals surface area contributed by atoms with Crippen LogP contribution in [0.2, 0.25) is 0 Å². The maximum atomic E-state index is 13.4. The van der Waals surface area contributed by atoms with Crippen molar-refractivity contribution in [3.05, 3.63) is 70.8 Å². The molecule has 2 amide bonds. The predicted molar refractivity (Wildman–Crippen MR) is 114 cm³/mol. The summed E-state index contributed by atoms with van der Waals surface area (Å²) >= 11 is 1.67. The van der Waals surface area contributed by atoms with Gasteiger partial charge in [0.25, 0.3) is 0 Å². The fourth-order valence-corrected chi connectivity index (χ4v) is 4.40. The average Bonchev–Trinajstić information content (AvgIpc) is 3.35. The first kappa shape index (κ1) is 19.4. The number of para-hydroxylation sites is 2. The van der Waals surface area contributed by atoms with E-state index in [0.717, 1.165) is 11.4 Å². The number of hydrogen-bond donors (Lipinski definition) is 1. The van der Waals surface area contributed by atoms with Crippen molar-refractivity contribution in [2.45, 2.75) is 32.5 Å².